The van der Waals surface area contributed by atoms with Gasteiger partial charge < -0.3 is 20.5 Å². The summed E-state index contributed by atoms with van der Waals surface area (Å²) in [6, 6.07) is 6.89. The van der Waals surface area contributed by atoms with E-state index in [4.69, 9.17) is 4.74 Å². The minimum atomic E-state index is -0.448. The summed E-state index contributed by atoms with van der Waals surface area (Å²) in [6.07, 6.45) is 2.69. The lowest BCUT2D eigenvalue weighted by Gasteiger charge is -2.31. The molecule has 6 nitrogen and oxygen atoms in total. The molecule has 1 aromatic rings. The van der Waals surface area contributed by atoms with Crippen LogP contribution in [0, 0.1) is 5.92 Å². The molecule has 118 valence electrons. The number of carbonyl (C=O) groups is 2. The van der Waals surface area contributed by atoms with Crippen LogP contribution in [0.3, 0.4) is 0 Å². The Bertz CT molecular complexity index is 554. The van der Waals surface area contributed by atoms with Gasteiger partial charge in [-0.05, 0) is 30.5 Å². The lowest BCUT2D eigenvalue weighted by Crippen LogP contribution is -2.49. The molecular formula is C16H20N2O4. The third kappa shape index (κ3) is 3.13. The SMILES string of the molecule is O=C1CO[C@H](c2ccc(NC(=O)C3CCC3)cc2)[C@@H](CO)N1. The molecule has 2 fully saturated rings. The van der Waals surface area contributed by atoms with E-state index < -0.39 is 6.04 Å². The maximum Gasteiger partial charge on any atom is 0.246 e. The molecule has 2 atom stereocenters. The second-order valence-electron chi connectivity index (χ2n) is 5.83. The highest BCUT2D eigenvalue weighted by Gasteiger charge is 2.30. The third-order valence-corrected chi connectivity index (χ3v) is 4.29. The van der Waals surface area contributed by atoms with Gasteiger partial charge in [-0.15, -0.1) is 0 Å². The fourth-order valence-corrected chi connectivity index (χ4v) is 2.75. The number of carbonyl (C=O) groups excluding carboxylic acids is 2. The zero-order chi connectivity index (χ0) is 15.5. The summed E-state index contributed by atoms with van der Waals surface area (Å²) in [5.41, 5.74) is 1.61. The predicted molar refractivity (Wildman–Crippen MR) is 80.1 cm³/mol. The standard InChI is InChI=1S/C16H20N2O4/c19-8-13-15(22-9-14(20)18-13)10-4-6-12(7-5-10)17-16(21)11-2-1-3-11/h4-7,11,13,15,19H,1-3,8-9H2,(H,17,21)(H,18,20)/t13-,15-/m1/s1. The first-order valence-corrected chi connectivity index (χ1v) is 7.60. The van der Waals surface area contributed by atoms with Gasteiger partial charge in [0, 0.05) is 11.6 Å². The average Bonchev–Trinajstić information content (AvgIpc) is 2.46. The molecule has 0 radical (unpaired) electrons. The number of aliphatic hydroxyl groups excluding tert-OH is 1. The zero-order valence-corrected chi connectivity index (χ0v) is 12.2. The number of morpholine rings is 1. The van der Waals surface area contributed by atoms with Gasteiger partial charge in [0.2, 0.25) is 11.8 Å². The fourth-order valence-electron chi connectivity index (χ4n) is 2.75. The number of aliphatic hydroxyl groups is 1. The van der Waals surface area contributed by atoms with Crippen LogP contribution in [-0.2, 0) is 14.3 Å². The van der Waals surface area contributed by atoms with E-state index in [2.05, 4.69) is 10.6 Å². The normalized spacial score (nSPS) is 25.2. The first-order chi connectivity index (χ1) is 10.7. The van der Waals surface area contributed by atoms with Crippen molar-refractivity contribution in [2.45, 2.75) is 31.4 Å². The molecule has 0 aromatic heterocycles. The Balaban J connectivity index is 1.65. The molecule has 6 heteroatoms. The van der Waals surface area contributed by atoms with Crippen molar-refractivity contribution in [2.24, 2.45) is 5.92 Å². The van der Waals surface area contributed by atoms with Crippen LogP contribution in [0.1, 0.15) is 30.9 Å². The summed E-state index contributed by atoms with van der Waals surface area (Å²) in [5.74, 6) is 0.00318. The maximum atomic E-state index is 11.9. The van der Waals surface area contributed by atoms with Crippen molar-refractivity contribution in [3.63, 3.8) is 0 Å². The number of hydrogen-bond donors (Lipinski definition) is 3. The van der Waals surface area contributed by atoms with Crippen molar-refractivity contribution in [2.75, 3.05) is 18.5 Å². The van der Waals surface area contributed by atoms with E-state index in [1.165, 1.54) is 0 Å². The summed E-state index contributed by atoms with van der Waals surface area (Å²) < 4.78 is 5.51. The van der Waals surface area contributed by atoms with Gasteiger partial charge in [-0.25, -0.2) is 0 Å². The van der Waals surface area contributed by atoms with Crippen LogP contribution in [0.2, 0.25) is 0 Å². The van der Waals surface area contributed by atoms with Crippen molar-refractivity contribution in [3.8, 4) is 0 Å². The van der Waals surface area contributed by atoms with Gasteiger partial charge >= 0.3 is 0 Å². The largest absolute Gasteiger partial charge is 0.394 e. The molecule has 1 aliphatic carbocycles. The van der Waals surface area contributed by atoms with Gasteiger partial charge in [-0.3, -0.25) is 9.59 Å². The van der Waals surface area contributed by atoms with E-state index in [0.717, 1.165) is 30.5 Å². The van der Waals surface area contributed by atoms with Crippen LogP contribution in [0.4, 0.5) is 5.69 Å². The van der Waals surface area contributed by atoms with E-state index in [9.17, 15) is 14.7 Å². The van der Waals surface area contributed by atoms with E-state index in [-0.39, 0.29) is 37.0 Å². The molecular weight excluding hydrogens is 284 g/mol. The first-order valence-electron chi connectivity index (χ1n) is 7.60. The molecule has 0 bridgehead atoms. The molecule has 22 heavy (non-hydrogen) atoms. The third-order valence-electron chi connectivity index (χ3n) is 4.29. The van der Waals surface area contributed by atoms with Gasteiger partial charge in [0.25, 0.3) is 0 Å². The van der Waals surface area contributed by atoms with E-state index in [1.807, 2.05) is 24.3 Å². The van der Waals surface area contributed by atoms with Crippen molar-refractivity contribution in [3.05, 3.63) is 29.8 Å². The van der Waals surface area contributed by atoms with Crippen LogP contribution in [0.5, 0.6) is 0 Å². The van der Waals surface area contributed by atoms with Gasteiger partial charge in [0.05, 0.1) is 12.6 Å². The van der Waals surface area contributed by atoms with E-state index in [1.54, 1.807) is 0 Å². The van der Waals surface area contributed by atoms with E-state index in [0.29, 0.717) is 0 Å². The highest BCUT2D eigenvalue weighted by atomic mass is 16.5. The van der Waals surface area contributed by atoms with Crippen LogP contribution < -0.4 is 10.6 Å². The van der Waals surface area contributed by atoms with Gasteiger partial charge in [0.1, 0.15) is 12.7 Å². The summed E-state index contributed by atoms with van der Waals surface area (Å²) >= 11 is 0. The summed E-state index contributed by atoms with van der Waals surface area (Å²) in [7, 11) is 0. The summed E-state index contributed by atoms with van der Waals surface area (Å²) in [4.78, 5) is 23.2. The van der Waals surface area contributed by atoms with Crippen molar-refractivity contribution >= 4 is 17.5 Å². The Hall–Kier alpha value is -1.92. The highest BCUT2D eigenvalue weighted by Crippen LogP contribution is 2.28. The van der Waals surface area contributed by atoms with Gasteiger partial charge in [-0.1, -0.05) is 18.6 Å². The van der Waals surface area contributed by atoms with Crippen molar-refractivity contribution in [1.29, 1.82) is 0 Å². The molecule has 1 heterocycles. The number of rotatable bonds is 4. The molecule has 2 amide bonds. The second-order valence-corrected chi connectivity index (χ2v) is 5.83. The quantitative estimate of drug-likeness (QED) is 0.773. The molecule has 0 spiro atoms. The van der Waals surface area contributed by atoms with Gasteiger partial charge in [0.15, 0.2) is 0 Å². The molecule has 1 saturated carbocycles. The minimum absolute atomic E-state index is 0.0126. The average molecular weight is 304 g/mol. The van der Waals surface area contributed by atoms with Crippen LogP contribution in [0.25, 0.3) is 0 Å². The van der Waals surface area contributed by atoms with Crippen molar-refractivity contribution in [1.82, 2.24) is 5.32 Å². The van der Waals surface area contributed by atoms with Crippen LogP contribution in [-0.4, -0.2) is 36.2 Å². The Morgan fingerprint density at radius 2 is 2.05 bits per heavy atom. The Morgan fingerprint density at radius 3 is 2.64 bits per heavy atom. The molecule has 1 aliphatic heterocycles. The first kappa shape index (κ1) is 15.0. The number of benzene rings is 1. The molecule has 1 saturated heterocycles. The molecule has 3 N–H and O–H groups in total. The van der Waals surface area contributed by atoms with Crippen molar-refractivity contribution < 1.29 is 19.4 Å². The minimum Gasteiger partial charge on any atom is -0.394 e. The topological polar surface area (TPSA) is 87.7 Å². The smallest absolute Gasteiger partial charge is 0.246 e. The number of amides is 2. The number of anilines is 1. The number of hydrogen-bond acceptors (Lipinski definition) is 4. The molecule has 0 unspecified atom stereocenters. The monoisotopic (exact) mass is 304 g/mol. The maximum absolute atomic E-state index is 11.9. The van der Waals surface area contributed by atoms with Crippen LogP contribution in [0.15, 0.2) is 24.3 Å². The Kier molecular flexibility index (Phi) is 4.40. The summed E-state index contributed by atoms with van der Waals surface area (Å²) in [6.45, 7) is -0.197. The van der Waals surface area contributed by atoms with E-state index >= 15 is 0 Å². The highest BCUT2D eigenvalue weighted by molar-refractivity contribution is 5.93. The predicted octanol–water partition coefficient (Wildman–Crippen LogP) is 0.974. The fraction of sp³-hybridized carbons (Fsp3) is 0.500. The van der Waals surface area contributed by atoms with Crippen LogP contribution >= 0.6 is 0 Å². The Labute approximate surface area is 128 Å². The number of nitrogens with one attached hydrogen (secondary N) is 2. The molecule has 2 aliphatic rings. The molecule has 3 rings (SSSR count). The lowest BCUT2D eigenvalue weighted by atomic mass is 9.85. The number of ether oxygens (including phenoxy) is 1. The second kappa shape index (κ2) is 6.46. The summed E-state index contributed by atoms with van der Waals surface area (Å²) in [5, 5.41) is 15.0. The molecule has 1 aromatic carbocycles. The Morgan fingerprint density at radius 1 is 1.32 bits per heavy atom. The zero-order valence-electron chi connectivity index (χ0n) is 12.2. The lowest BCUT2D eigenvalue weighted by molar-refractivity contribution is -0.138. The van der Waals surface area contributed by atoms with Gasteiger partial charge in [-0.2, -0.15) is 0 Å².